The number of unbranched alkanes of at least 4 members (excludes halogenated alkanes) is 5. The number of carbonyl (C=O) groups is 4. The predicted molar refractivity (Wildman–Crippen MR) is 113 cm³/mol. The van der Waals surface area contributed by atoms with E-state index in [1.807, 2.05) is 5.32 Å². The highest BCUT2D eigenvalue weighted by Gasteiger charge is 2.38. The molecular weight excluding hydrogens is 443 g/mol. The van der Waals surface area contributed by atoms with Crippen LogP contribution in [0.5, 0.6) is 0 Å². The third-order valence-electron chi connectivity index (χ3n) is 4.98. The average molecular weight is 471 g/mol. The molecular formula is C21H28F3N5O4. The second-order valence-electron chi connectivity index (χ2n) is 7.69. The van der Waals surface area contributed by atoms with Gasteiger partial charge in [-0.2, -0.15) is 13.2 Å². The minimum atomic E-state index is -4.83. The fourth-order valence-electron chi connectivity index (χ4n) is 3.20. The van der Waals surface area contributed by atoms with E-state index in [-0.39, 0.29) is 31.0 Å². The number of alkyl halides is 3. The summed E-state index contributed by atoms with van der Waals surface area (Å²) in [6.07, 6.45) is 0.342. The molecule has 0 bridgehead atoms. The van der Waals surface area contributed by atoms with E-state index in [2.05, 4.69) is 20.9 Å². The minimum absolute atomic E-state index is 0.0129. The van der Waals surface area contributed by atoms with E-state index in [0.29, 0.717) is 18.8 Å². The molecule has 2 rings (SSSR count). The van der Waals surface area contributed by atoms with E-state index in [0.717, 1.165) is 32.1 Å². The van der Waals surface area contributed by atoms with Crippen molar-refractivity contribution in [1.82, 2.24) is 20.9 Å². The number of aromatic nitrogens is 1. The molecule has 33 heavy (non-hydrogen) atoms. The Bertz CT molecular complexity index is 847. The molecule has 0 aliphatic carbocycles. The smallest absolute Gasteiger partial charge is 0.370 e. The summed E-state index contributed by atoms with van der Waals surface area (Å²) in [7, 11) is 0. The number of carbonyl (C=O) groups excluding carboxylic acids is 4. The standard InChI is InChI=1S/C21H28F3N5O4/c22-21(23,24)20(33)26-13-6-4-2-1-3-5-12-25-16-9-7-8-14(27-16)18(31)28-15-10-11-17(30)29-19(15)32/h7-9,15H,1-6,10-13H2,(H,25,27)(H,26,33)(H,28,31)(H,29,30,32). The normalized spacial score (nSPS) is 16.2. The van der Waals surface area contributed by atoms with Gasteiger partial charge in [0.25, 0.3) is 5.91 Å². The summed E-state index contributed by atoms with van der Waals surface area (Å²) in [6, 6.07) is 4.16. The number of imide groups is 1. The van der Waals surface area contributed by atoms with Crippen LogP contribution in [0.3, 0.4) is 0 Å². The van der Waals surface area contributed by atoms with Crippen LogP contribution in [0.25, 0.3) is 0 Å². The van der Waals surface area contributed by atoms with Crippen LogP contribution >= 0.6 is 0 Å². The number of halogens is 3. The molecule has 1 fully saturated rings. The summed E-state index contributed by atoms with van der Waals surface area (Å²) in [5.41, 5.74) is 0.155. The van der Waals surface area contributed by atoms with E-state index in [9.17, 15) is 32.3 Å². The first-order valence-electron chi connectivity index (χ1n) is 10.9. The zero-order valence-corrected chi connectivity index (χ0v) is 18.1. The molecule has 9 nitrogen and oxygen atoms in total. The average Bonchev–Trinajstić information content (AvgIpc) is 2.76. The fourth-order valence-corrected chi connectivity index (χ4v) is 3.20. The number of anilines is 1. The van der Waals surface area contributed by atoms with E-state index < -0.39 is 29.9 Å². The first-order valence-corrected chi connectivity index (χ1v) is 10.9. The summed E-state index contributed by atoms with van der Waals surface area (Å²) >= 11 is 0. The van der Waals surface area contributed by atoms with Gasteiger partial charge < -0.3 is 16.0 Å². The molecule has 182 valence electrons. The molecule has 0 radical (unpaired) electrons. The van der Waals surface area contributed by atoms with Crippen LogP contribution in [-0.4, -0.2) is 53.9 Å². The Kier molecular flexibility index (Phi) is 10.1. The van der Waals surface area contributed by atoms with E-state index in [1.165, 1.54) is 6.07 Å². The Labute approximate surface area is 189 Å². The molecule has 1 aromatic rings. The van der Waals surface area contributed by atoms with E-state index in [4.69, 9.17) is 0 Å². The molecule has 2 heterocycles. The Balaban J connectivity index is 1.58. The third kappa shape index (κ3) is 9.46. The van der Waals surface area contributed by atoms with Gasteiger partial charge in [0.1, 0.15) is 17.6 Å². The molecule has 0 saturated carbocycles. The Morgan fingerprint density at radius 3 is 2.36 bits per heavy atom. The number of hydrogen-bond acceptors (Lipinski definition) is 6. The van der Waals surface area contributed by atoms with Crippen molar-refractivity contribution in [3.05, 3.63) is 23.9 Å². The third-order valence-corrected chi connectivity index (χ3v) is 4.98. The van der Waals surface area contributed by atoms with Gasteiger partial charge >= 0.3 is 12.1 Å². The maximum Gasteiger partial charge on any atom is 0.471 e. The zero-order chi connectivity index (χ0) is 24.3. The zero-order valence-electron chi connectivity index (χ0n) is 18.1. The lowest BCUT2D eigenvalue weighted by Crippen LogP contribution is -2.52. The number of piperidine rings is 1. The topological polar surface area (TPSA) is 129 Å². The van der Waals surface area contributed by atoms with Crippen LogP contribution in [0.4, 0.5) is 19.0 Å². The monoisotopic (exact) mass is 471 g/mol. The van der Waals surface area contributed by atoms with Crippen molar-refractivity contribution >= 4 is 29.4 Å². The van der Waals surface area contributed by atoms with Gasteiger partial charge in [-0.05, 0) is 31.4 Å². The van der Waals surface area contributed by atoms with Gasteiger partial charge in [-0.25, -0.2) is 4.98 Å². The first-order chi connectivity index (χ1) is 15.7. The number of nitrogens with one attached hydrogen (secondary N) is 4. The molecule has 1 aromatic heterocycles. The number of nitrogens with zero attached hydrogens (tertiary/aromatic N) is 1. The summed E-state index contributed by atoms with van der Waals surface area (Å²) in [5, 5.41) is 9.74. The van der Waals surface area contributed by atoms with Crippen molar-refractivity contribution in [3.63, 3.8) is 0 Å². The van der Waals surface area contributed by atoms with E-state index >= 15 is 0 Å². The van der Waals surface area contributed by atoms with Gasteiger partial charge in [0.15, 0.2) is 0 Å². The van der Waals surface area contributed by atoms with E-state index in [1.54, 1.807) is 12.1 Å². The maximum atomic E-state index is 12.4. The largest absolute Gasteiger partial charge is 0.471 e. The van der Waals surface area contributed by atoms with Crippen molar-refractivity contribution in [1.29, 1.82) is 0 Å². The molecule has 1 saturated heterocycles. The van der Waals surface area contributed by atoms with Crippen LogP contribution in [0, 0.1) is 0 Å². The minimum Gasteiger partial charge on any atom is -0.370 e. The summed E-state index contributed by atoms with van der Waals surface area (Å²) < 4.78 is 36.1. The van der Waals surface area contributed by atoms with Gasteiger partial charge in [0.05, 0.1) is 0 Å². The van der Waals surface area contributed by atoms with Gasteiger partial charge in [-0.15, -0.1) is 0 Å². The molecule has 1 aliphatic rings. The second-order valence-corrected chi connectivity index (χ2v) is 7.69. The number of hydrogen-bond donors (Lipinski definition) is 4. The fraction of sp³-hybridized carbons (Fsp3) is 0.571. The molecule has 4 amide bonds. The summed E-state index contributed by atoms with van der Waals surface area (Å²) in [5.74, 6) is -2.77. The Morgan fingerprint density at radius 2 is 1.70 bits per heavy atom. The van der Waals surface area contributed by atoms with Crippen molar-refractivity contribution in [2.24, 2.45) is 0 Å². The molecule has 0 spiro atoms. The predicted octanol–water partition coefficient (Wildman–Crippen LogP) is 2.05. The van der Waals surface area contributed by atoms with Crippen LogP contribution in [-0.2, 0) is 14.4 Å². The van der Waals surface area contributed by atoms with Crippen LogP contribution in [0.15, 0.2) is 18.2 Å². The molecule has 4 N–H and O–H groups in total. The highest BCUT2D eigenvalue weighted by Crippen LogP contribution is 2.14. The van der Waals surface area contributed by atoms with Crippen molar-refractivity contribution in [2.75, 3.05) is 18.4 Å². The quantitative estimate of drug-likeness (QED) is 0.273. The van der Waals surface area contributed by atoms with Crippen molar-refractivity contribution in [2.45, 2.75) is 63.6 Å². The highest BCUT2D eigenvalue weighted by molar-refractivity contribution is 6.03. The highest BCUT2D eigenvalue weighted by atomic mass is 19.4. The number of rotatable bonds is 12. The Hall–Kier alpha value is -3.18. The van der Waals surface area contributed by atoms with Gasteiger partial charge in [-0.3, -0.25) is 24.5 Å². The lowest BCUT2D eigenvalue weighted by atomic mass is 10.1. The number of pyridine rings is 1. The molecule has 12 heteroatoms. The van der Waals surface area contributed by atoms with Gasteiger partial charge in [0.2, 0.25) is 11.8 Å². The molecule has 1 atom stereocenters. The van der Waals surface area contributed by atoms with Crippen LogP contribution in [0.1, 0.15) is 61.9 Å². The summed E-state index contributed by atoms with van der Waals surface area (Å²) in [4.78, 5) is 50.2. The summed E-state index contributed by atoms with van der Waals surface area (Å²) in [6.45, 7) is 0.645. The first kappa shape index (κ1) is 26.1. The second kappa shape index (κ2) is 12.8. The van der Waals surface area contributed by atoms with Gasteiger partial charge in [0, 0.05) is 19.5 Å². The van der Waals surface area contributed by atoms with Crippen LogP contribution < -0.4 is 21.3 Å². The van der Waals surface area contributed by atoms with Gasteiger partial charge in [-0.1, -0.05) is 31.7 Å². The lowest BCUT2D eigenvalue weighted by Gasteiger charge is -2.21. The SMILES string of the molecule is O=C1CCC(NC(=O)c2cccc(NCCCCCCCCNC(=O)C(F)(F)F)n2)C(=O)N1. The molecule has 0 aromatic carbocycles. The van der Waals surface area contributed by atoms with Crippen LogP contribution in [0.2, 0.25) is 0 Å². The molecule has 1 unspecified atom stereocenters. The van der Waals surface area contributed by atoms with Crippen molar-refractivity contribution < 1.29 is 32.3 Å². The lowest BCUT2D eigenvalue weighted by molar-refractivity contribution is -0.173. The maximum absolute atomic E-state index is 12.4. The molecule has 1 aliphatic heterocycles. The number of amides is 4. The Morgan fingerprint density at radius 1 is 1.03 bits per heavy atom. The van der Waals surface area contributed by atoms with Crippen molar-refractivity contribution in [3.8, 4) is 0 Å².